The average molecular weight is 458 g/mol. The summed E-state index contributed by atoms with van der Waals surface area (Å²) in [6.07, 6.45) is 1.81. The minimum Gasteiger partial charge on any atom is -0.506 e. The highest BCUT2D eigenvalue weighted by Crippen LogP contribution is 2.40. The van der Waals surface area contributed by atoms with Gasteiger partial charge in [-0.2, -0.15) is 0 Å². The lowest BCUT2D eigenvalue weighted by molar-refractivity contribution is -0.138. The summed E-state index contributed by atoms with van der Waals surface area (Å²) < 4.78 is 11.0. The zero-order valence-electron chi connectivity index (χ0n) is 18.1. The van der Waals surface area contributed by atoms with E-state index in [1.165, 1.54) is 11.8 Å². The van der Waals surface area contributed by atoms with Crippen LogP contribution in [0.1, 0.15) is 18.1 Å². The number of rotatable bonds is 7. The van der Waals surface area contributed by atoms with Crippen molar-refractivity contribution >= 4 is 34.5 Å². The van der Waals surface area contributed by atoms with Gasteiger partial charge in [-0.3, -0.25) is 0 Å². The summed E-state index contributed by atoms with van der Waals surface area (Å²) in [6.45, 7) is 2.43. The number of ether oxygens (including phenoxy) is 2. The highest BCUT2D eigenvalue weighted by Gasteiger charge is 2.33. The number of benzene rings is 3. The largest absolute Gasteiger partial charge is 0.506 e. The highest BCUT2D eigenvalue weighted by molar-refractivity contribution is 8.18. The molecule has 0 amide bonds. The molecule has 0 fully saturated rings. The second kappa shape index (κ2) is 10.7. The number of aliphatic hydroxyl groups is 1. The SMILES string of the molecule is CCOC(=O)C1=C(O)/C(=C/c2ccc(OCc3ccccc3)cc2)SC1=Nc1ccccc1. The molecular weight excluding hydrogens is 434 g/mol. The molecule has 1 aliphatic heterocycles. The third kappa shape index (κ3) is 5.73. The van der Waals surface area contributed by atoms with Gasteiger partial charge in [-0.15, -0.1) is 0 Å². The van der Waals surface area contributed by atoms with Crippen LogP contribution in [0.2, 0.25) is 0 Å². The Balaban J connectivity index is 1.55. The van der Waals surface area contributed by atoms with Crippen LogP contribution in [0.4, 0.5) is 5.69 Å². The van der Waals surface area contributed by atoms with Crippen LogP contribution in [0.15, 0.2) is 106 Å². The molecule has 0 atom stereocenters. The van der Waals surface area contributed by atoms with E-state index in [9.17, 15) is 9.90 Å². The van der Waals surface area contributed by atoms with Crippen molar-refractivity contribution < 1.29 is 19.4 Å². The molecule has 1 heterocycles. The van der Waals surface area contributed by atoms with Gasteiger partial charge in [0.2, 0.25) is 0 Å². The molecule has 0 spiro atoms. The van der Waals surface area contributed by atoms with Crippen molar-refractivity contribution in [2.75, 3.05) is 6.61 Å². The van der Waals surface area contributed by atoms with Crippen LogP contribution in [-0.4, -0.2) is 22.7 Å². The molecule has 0 saturated heterocycles. The lowest BCUT2D eigenvalue weighted by atomic mass is 10.1. The standard InChI is InChI=1S/C27H23NO4S/c1-2-31-27(30)24-25(29)23(33-26(24)28-21-11-7-4-8-12-21)17-19-13-15-22(16-14-19)32-18-20-9-5-3-6-10-20/h3-17,29H,2,18H2,1H3/b23-17-,28-26?. The van der Waals surface area contributed by atoms with Crippen LogP contribution in [0.3, 0.4) is 0 Å². The summed E-state index contributed by atoms with van der Waals surface area (Å²) in [6, 6.07) is 26.8. The summed E-state index contributed by atoms with van der Waals surface area (Å²) in [5.74, 6) is 0.0289. The first-order valence-electron chi connectivity index (χ1n) is 10.5. The Morgan fingerprint density at radius 2 is 1.64 bits per heavy atom. The predicted octanol–water partition coefficient (Wildman–Crippen LogP) is 6.46. The summed E-state index contributed by atoms with van der Waals surface area (Å²) in [4.78, 5) is 17.6. The molecule has 5 nitrogen and oxygen atoms in total. The number of hydrogen-bond acceptors (Lipinski definition) is 6. The molecule has 0 unspecified atom stereocenters. The van der Waals surface area contributed by atoms with Gasteiger partial charge in [-0.05, 0) is 48.4 Å². The average Bonchev–Trinajstić information content (AvgIpc) is 3.14. The number of aliphatic hydroxyl groups excluding tert-OH is 1. The smallest absolute Gasteiger partial charge is 0.344 e. The number of hydrogen-bond donors (Lipinski definition) is 1. The Morgan fingerprint density at radius 3 is 2.30 bits per heavy atom. The molecule has 0 bridgehead atoms. The number of carbonyl (C=O) groups is 1. The van der Waals surface area contributed by atoms with E-state index in [4.69, 9.17) is 9.47 Å². The first-order valence-corrected chi connectivity index (χ1v) is 11.4. The maximum Gasteiger partial charge on any atom is 0.344 e. The first-order chi connectivity index (χ1) is 16.1. The van der Waals surface area contributed by atoms with E-state index in [1.54, 1.807) is 6.92 Å². The first kappa shape index (κ1) is 22.4. The van der Waals surface area contributed by atoms with Crippen LogP contribution in [0.5, 0.6) is 5.75 Å². The second-order valence-electron chi connectivity index (χ2n) is 7.15. The van der Waals surface area contributed by atoms with E-state index in [1.807, 2.05) is 91.0 Å². The van der Waals surface area contributed by atoms with Gasteiger partial charge in [0, 0.05) is 0 Å². The van der Waals surface area contributed by atoms with Crippen molar-refractivity contribution in [3.63, 3.8) is 0 Å². The molecule has 3 aromatic rings. The van der Waals surface area contributed by atoms with Crippen molar-refractivity contribution in [3.05, 3.63) is 112 Å². The Morgan fingerprint density at radius 1 is 0.970 bits per heavy atom. The fourth-order valence-electron chi connectivity index (χ4n) is 3.16. The zero-order chi connectivity index (χ0) is 23.0. The molecule has 1 aliphatic rings. The molecule has 0 saturated carbocycles. The fourth-order valence-corrected chi connectivity index (χ4v) is 4.20. The van der Waals surface area contributed by atoms with Gasteiger partial charge in [-0.25, -0.2) is 9.79 Å². The van der Waals surface area contributed by atoms with E-state index in [0.717, 1.165) is 16.9 Å². The summed E-state index contributed by atoms with van der Waals surface area (Å²) in [7, 11) is 0. The van der Waals surface area contributed by atoms with Crippen molar-refractivity contribution in [2.45, 2.75) is 13.5 Å². The quantitative estimate of drug-likeness (QED) is 0.413. The van der Waals surface area contributed by atoms with Crippen LogP contribution >= 0.6 is 11.8 Å². The number of para-hydroxylation sites is 1. The number of carbonyl (C=O) groups excluding carboxylic acids is 1. The van der Waals surface area contributed by atoms with Crippen LogP contribution in [0, 0.1) is 0 Å². The maximum atomic E-state index is 12.5. The monoisotopic (exact) mass is 457 g/mol. The van der Waals surface area contributed by atoms with Gasteiger partial charge in [0.05, 0.1) is 17.2 Å². The summed E-state index contributed by atoms with van der Waals surface area (Å²) in [5, 5.41) is 11.2. The van der Waals surface area contributed by atoms with Gasteiger partial charge >= 0.3 is 5.97 Å². The molecule has 3 aromatic carbocycles. The van der Waals surface area contributed by atoms with E-state index in [-0.39, 0.29) is 17.9 Å². The van der Waals surface area contributed by atoms with E-state index < -0.39 is 5.97 Å². The number of aliphatic imine (C=N–C) groups is 1. The number of esters is 1. The third-order valence-corrected chi connectivity index (χ3v) is 5.80. The fraction of sp³-hybridized carbons (Fsp3) is 0.111. The molecule has 33 heavy (non-hydrogen) atoms. The third-order valence-electron chi connectivity index (χ3n) is 4.78. The van der Waals surface area contributed by atoms with Gasteiger partial charge < -0.3 is 14.6 Å². The predicted molar refractivity (Wildman–Crippen MR) is 133 cm³/mol. The van der Waals surface area contributed by atoms with Gasteiger partial charge in [-0.1, -0.05) is 72.4 Å². The van der Waals surface area contributed by atoms with Crippen molar-refractivity contribution in [1.82, 2.24) is 0 Å². The zero-order valence-corrected chi connectivity index (χ0v) is 18.9. The topological polar surface area (TPSA) is 68.1 Å². The van der Waals surface area contributed by atoms with E-state index >= 15 is 0 Å². The molecule has 0 radical (unpaired) electrons. The highest BCUT2D eigenvalue weighted by atomic mass is 32.2. The van der Waals surface area contributed by atoms with Crippen molar-refractivity contribution in [2.24, 2.45) is 4.99 Å². The number of nitrogens with zero attached hydrogens (tertiary/aromatic N) is 1. The lowest BCUT2D eigenvalue weighted by Gasteiger charge is -2.06. The lowest BCUT2D eigenvalue weighted by Crippen LogP contribution is -2.12. The molecule has 0 aromatic heterocycles. The normalized spacial score (nSPS) is 15.8. The molecule has 6 heteroatoms. The Bertz CT molecular complexity index is 1200. The number of thioether (sulfide) groups is 1. The van der Waals surface area contributed by atoms with E-state index in [0.29, 0.717) is 22.2 Å². The Kier molecular flexibility index (Phi) is 7.27. The molecule has 0 aliphatic carbocycles. The summed E-state index contributed by atoms with van der Waals surface area (Å²) >= 11 is 1.24. The second-order valence-corrected chi connectivity index (χ2v) is 8.18. The van der Waals surface area contributed by atoms with Crippen molar-refractivity contribution in [3.8, 4) is 5.75 Å². The minimum atomic E-state index is -0.592. The maximum absolute atomic E-state index is 12.5. The van der Waals surface area contributed by atoms with E-state index in [2.05, 4.69) is 4.99 Å². The van der Waals surface area contributed by atoms with Gasteiger partial charge in [0.25, 0.3) is 0 Å². The molecule has 166 valence electrons. The summed E-state index contributed by atoms with van der Waals surface area (Å²) in [5.41, 5.74) is 2.73. The minimum absolute atomic E-state index is 0.0831. The van der Waals surface area contributed by atoms with Crippen molar-refractivity contribution in [1.29, 1.82) is 0 Å². The van der Waals surface area contributed by atoms with Crippen LogP contribution in [0.25, 0.3) is 6.08 Å². The molecule has 4 rings (SSSR count). The molecule has 1 N–H and O–H groups in total. The van der Waals surface area contributed by atoms with Gasteiger partial charge in [0.15, 0.2) is 0 Å². The Hall–Kier alpha value is -3.77. The molecular formula is C27H23NO4S. The van der Waals surface area contributed by atoms with Crippen LogP contribution < -0.4 is 4.74 Å². The van der Waals surface area contributed by atoms with Crippen LogP contribution in [-0.2, 0) is 16.1 Å². The van der Waals surface area contributed by atoms with Gasteiger partial charge in [0.1, 0.15) is 28.7 Å². The Labute approximate surface area is 197 Å².